The Labute approximate surface area is 266 Å². The lowest BCUT2D eigenvalue weighted by molar-refractivity contribution is 1.17. The lowest BCUT2D eigenvalue weighted by Gasteiger charge is -2.17. The second kappa shape index (κ2) is 10.4. The minimum Gasteiger partial charge on any atom is -0.309 e. The molecule has 46 heavy (non-hydrogen) atoms. The number of fused-ring (bicyclic) bond motifs is 6. The second-order valence-electron chi connectivity index (χ2n) is 11.7. The summed E-state index contributed by atoms with van der Waals surface area (Å²) in [6, 6.07) is 60.1. The van der Waals surface area contributed by atoms with Crippen LogP contribution in [0.1, 0.15) is 5.56 Å². The molecule has 0 spiro atoms. The Hall–Kier alpha value is -6.37. The first-order chi connectivity index (χ1) is 22.8. The van der Waals surface area contributed by atoms with Crippen LogP contribution < -0.4 is 0 Å². The van der Waals surface area contributed by atoms with E-state index in [4.69, 9.17) is 0 Å². The molecule has 0 bridgehead atoms. The normalized spacial score (nSPS) is 11.5. The van der Waals surface area contributed by atoms with Crippen LogP contribution in [0.25, 0.3) is 77.2 Å². The van der Waals surface area contributed by atoms with Crippen LogP contribution in [-0.4, -0.2) is 9.13 Å². The van der Waals surface area contributed by atoms with E-state index >= 15 is 0 Å². The molecule has 0 unspecified atom stereocenters. The second-order valence-corrected chi connectivity index (χ2v) is 11.7. The number of aromatic nitrogens is 2. The number of nitrogens with zero attached hydrogens (tertiary/aromatic N) is 3. The van der Waals surface area contributed by atoms with Gasteiger partial charge in [0.25, 0.3) is 0 Å². The van der Waals surface area contributed by atoms with E-state index in [1.807, 2.05) is 24.3 Å². The predicted molar refractivity (Wildman–Crippen MR) is 191 cm³/mol. The van der Waals surface area contributed by atoms with Crippen LogP contribution in [0.2, 0.25) is 0 Å². The summed E-state index contributed by atoms with van der Waals surface area (Å²) in [6.07, 6.45) is 0. The molecular formula is C43H27N3. The van der Waals surface area contributed by atoms with Crippen LogP contribution in [0.3, 0.4) is 0 Å². The Morgan fingerprint density at radius 3 is 1.48 bits per heavy atom. The van der Waals surface area contributed by atoms with Crippen molar-refractivity contribution in [1.82, 2.24) is 9.13 Å². The molecule has 2 aromatic heterocycles. The molecule has 0 N–H and O–H groups in total. The summed E-state index contributed by atoms with van der Waals surface area (Å²) in [6.45, 7) is 0. The van der Waals surface area contributed by atoms with Crippen LogP contribution in [-0.2, 0) is 0 Å². The molecule has 7 aromatic carbocycles. The predicted octanol–water partition coefficient (Wildman–Crippen LogP) is 11.1. The van der Waals surface area contributed by atoms with Crippen molar-refractivity contribution in [3.63, 3.8) is 0 Å². The zero-order valence-corrected chi connectivity index (χ0v) is 24.9. The summed E-state index contributed by atoms with van der Waals surface area (Å²) in [5.41, 5.74) is 11.6. The monoisotopic (exact) mass is 585 g/mol. The number of nitriles is 1. The first kappa shape index (κ1) is 26.1. The van der Waals surface area contributed by atoms with Crippen LogP contribution in [0.15, 0.2) is 164 Å². The van der Waals surface area contributed by atoms with E-state index in [1.165, 1.54) is 32.6 Å². The molecule has 0 aliphatic carbocycles. The van der Waals surface area contributed by atoms with Crippen LogP contribution in [0.4, 0.5) is 0 Å². The molecule has 0 fully saturated rings. The van der Waals surface area contributed by atoms with Crippen molar-refractivity contribution in [2.24, 2.45) is 0 Å². The third-order valence-corrected chi connectivity index (χ3v) is 9.17. The zero-order chi connectivity index (χ0) is 30.6. The fourth-order valence-electron chi connectivity index (χ4n) is 7.15. The van der Waals surface area contributed by atoms with Gasteiger partial charge in [-0.3, -0.25) is 0 Å². The molecule has 9 rings (SSSR count). The molecule has 0 saturated carbocycles. The van der Waals surface area contributed by atoms with Gasteiger partial charge in [0.05, 0.1) is 39.4 Å². The van der Waals surface area contributed by atoms with Gasteiger partial charge in [-0.25, -0.2) is 0 Å². The topological polar surface area (TPSA) is 33.6 Å². The number of rotatable bonds is 4. The summed E-state index contributed by atoms with van der Waals surface area (Å²) in [5, 5.41) is 15.0. The van der Waals surface area contributed by atoms with Gasteiger partial charge in [0.2, 0.25) is 0 Å². The van der Waals surface area contributed by atoms with Gasteiger partial charge < -0.3 is 9.13 Å². The van der Waals surface area contributed by atoms with Crippen LogP contribution in [0.5, 0.6) is 0 Å². The molecule has 0 aliphatic heterocycles. The molecule has 9 aromatic rings. The third kappa shape index (κ3) is 3.91. The highest BCUT2D eigenvalue weighted by atomic mass is 15.0. The van der Waals surface area contributed by atoms with Gasteiger partial charge in [-0.15, -0.1) is 0 Å². The average Bonchev–Trinajstić information content (AvgIpc) is 3.64. The van der Waals surface area contributed by atoms with Crippen molar-refractivity contribution in [2.75, 3.05) is 0 Å². The van der Waals surface area contributed by atoms with E-state index in [9.17, 15) is 5.26 Å². The van der Waals surface area contributed by atoms with E-state index in [1.54, 1.807) is 0 Å². The van der Waals surface area contributed by atoms with Gasteiger partial charge in [-0.05, 0) is 59.7 Å². The average molecular weight is 586 g/mol. The molecule has 0 radical (unpaired) electrons. The standard InChI is InChI=1S/C43H27N3/c44-28-31-12-1-2-15-33(31)38-25-24-30(27-43(38)46-41-22-9-5-18-36(41)37-19-6-10-23-42(37)46)29-13-11-14-32(26-29)45-39-20-7-3-16-34(39)35-17-4-8-21-40(35)45/h1-27H. The van der Waals surface area contributed by atoms with Crippen molar-refractivity contribution >= 4 is 43.6 Å². The van der Waals surface area contributed by atoms with Gasteiger partial charge in [0.15, 0.2) is 0 Å². The molecule has 0 saturated heterocycles. The maximum atomic E-state index is 10.1. The fraction of sp³-hybridized carbons (Fsp3) is 0. The summed E-state index contributed by atoms with van der Waals surface area (Å²) >= 11 is 0. The molecule has 3 heteroatoms. The maximum Gasteiger partial charge on any atom is 0.0998 e. The first-order valence-electron chi connectivity index (χ1n) is 15.5. The van der Waals surface area contributed by atoms with Gasteiger partial charge in [0, 0.05) is 38.4 Å². The fourth-order valence-corrected chi connectivity index (χ4v) is 7.15. The first-order valence-corrected chi connectivity index (χ1v) is 15.5. The number of hydrogen-bond donors (Lipinski definition) is 0. The summed E-state index contributed by atoms with van der Waals surface area (Å²) in [5.74, 6) is 0. The Kier molecular flexibility index (Phi) is 5.88. The molecule has 3 nitrogen and oxygen atoms in total. The minimum atomic E-state index is 0.658. The van der Waals surface area contributed by atoms with E-state index in [-0.39, 0.29) is 0 Å². The lowest BCUT2D eigenvalue weighted by atomic mass is 9.95. The summed E-state index contributed by atoms with van der Waals surface area (Å²) in [4.78, 5) is 0. The third-order valence-electron chi connectivity index (χ3n) is 9.17. The van der Waals surface area contributed by atoms with E-state index in [2.05, 4.69) is 155 Å². The highest BCUT2D eigenvalue weighted by molar-refractivity contribution is 6.10. The summed E-state index contributed by atoms with van der Waals surface area (Å²) < 4.78 is 4.72. The van der Waals surface area contributed by atoms with Crippen molar-refractivity contribution in [3.05, 3.63) is 169 Å². The smallest absolute Gasteiger partial charge is 0.0998 e. The molecule has 2 heterocycles. The maximum absolute atomic E-state index is 10.1. The summed E-state index contributed by atoms with van der Waals surface area (Å²) in [7, 11) is 0. The molecular weight excluding hydrogens is 558 g/mol. The van der Waals surface area contributed by atoms with Crippen molar-refractivity contribution < 1.29 is 0 Å². The lowest BCUT2D eigenvalue weighted by Crippen LogP contribution is -1.99. The Bertz CT molecular complexity index is 2560. The Morgan fingerprint density at radius 1 is 0.391 bits per heavy atom. The van der Waals surface area contributed by atoms with Gasteiger partial charge in [-0.2, -0.15) is 5.26 Å². The quantitative estimate of drug-likeness (QED) is 0.202. The van der Waals surface area contributed by atoms with Gasteiger partial charge in [0.1, 0.15) is 0 Å². The highest BCUT2D eigenvalue weighted by Gasteiger charge is 2.18. The molecule has 0 atom stereocenters. The minimum absolute atomic E-state index is 0.658. The largest absolute Gasteiger partial charge is 0.309 e. The molecule has 0 amide bonds. The number of para-hydroxylation sites is 4. The van der Waals surface area contributed by atoms with Crippen molar-refractivity contribution in [1.29, 1.82) is 5.26 Å². The Balaban J connectivity index is 1.31. The van der Waals surface area contributed by atoms with Crippen molar-refractivity contribution in [2.45, 2.75) is 0 Å². The van der Waals surface area contributed by atoms with Crippen molar-refractivity contribution in [3.8, 4) is 39.7 Å². The zero-order valence-electron chi connectivity index (χ0n) is 24.9. The van der Waals surface area contributed by atoms with E-state index in [0.717, 1.165) is 44.7 Å². The number of hydrogen-bond acceptors (Lipinski definition) is 1. The van der Waals surface area contributed by atoms with E-state index in [0.29, 0.717) is 5.56 Å². The van der Waals surface area contributed by atoms with Crippen LogP contribution >= 0.6 is 0 Å². The van der Waals surface area contributed by atoms with Gasteiger partial charge in [-0.1, -0.05) is 115 Å². The highest BCUT2D eigenvalue weighted by Crippen LogP contribution is 2.40. The molecule has 0 aliphatic rings. The van der Waals surface area contributed by atoms with Crippen LogP contribution in [0, 0.1) is 11.3 Å². The Morgan fingerprint density at radius 2 is 0.891 bits per heavy atom. The van der Waals surface area contributed by atoms with Gasteiger partial charge >= 0.3 is 0 Å². The molecule has 214 valence electrons. The number of benzene rings is 7. The SMILES string of the molecule is N#Cc1ccccc1-c1ccc(-c2cccc(-n3c4ccccc4c4ccccc43)c2)cc1-n1c2ccccc2c2ccccc21. The van der Waals surface area contributed by atoms with E-state index < -0.39 is 0 Å².